The Labute approximate surface area is 252 Å². The maximum atomic E-state index is 12.4. The Morgan fingerprint density at radius 3 is 2.32 bits per heavy atom. The zero-order valence-corrected chi connectivity index (χ0v) is 25.4. The molecule has 0 spiro atoms. The number of nitrogens with zero attached hydrogens (tertiary/aromatic N) is 2. The lowest BCUT2D eigenvalue weighted by atomic mass is 10.1. The van der Waals surface area contributed by atoms with Gasteiger partial charge in [-0.05, 0) is 53.9 Å². The van der Waals surface area contributed by atoms with Crippen LogP contribution in [0.15, 0.2) is 82.7 Å². The van der Waals surface area contributed by atoms with E-state index in [-0.39, 0.29) is 18.3 Å². The number of nitrogens with two attached hydrogens (primary N) is 1. The van der Waals surface area contributed by atoms with Gasteiger partial charge in [0.1, 0.15) is 22.3 Å². The minimum absolute atomic E-state index is 0.0591. The first kappa shape index (κ1) is 30.8. The number of ether oxygens (including phenoxy) is 2. The summed E-state index contributed by atoms with van der Waals surface area (Å²) in [5, 5.41) is 1.85. The van der Waals surface area contributed by atoms with Gasteiger partial charge in [-0.3, -0.25) is 0 Å². The third kappa shape index (κ3) is 8.92. The summed E-state index contributed by atoms with van der Waals surface area (Å²) in [5.74, 6) is 1.25. The molecule has 216 valence electrons. The summed E-state index contributed by atoms with van der Waals surface area (Å²) in [6, 6.07) is 20.7. The molecule has 0 bridgehead atoms. The highest BCUT2D eigenvalue weighted by molar-refractivity contribution is 7.99. The zero-order valence-electron chi connectivity index (χ0n) is 22.2. The summed E-state index contributed by atoms with van der Waals surface area (Å²) in [6.45, 7) is 4.31. The van der Waals surface area contributed by atoms with E-state index >= 15 is 0 Å². The number of carbonyl (C=O) groups is 1. The summed E-state index contributed by atoms with van der Waals surface area (Å²) in [5.41, 5.74) is 6.92. The average Bonchev–Trinajstić information content (AvgIpc) is 3.23. The molecule has 0 saturated heterocycles. The van der Waals surface area contributed by atoms with Crippen molar-refractivity contribution in [3.05, 3.63) is 99.9 Å². The highest BCUT2D eigenvalue weighted by atomic mass is 35.5. The predicted octanol–water partition coefficient (Wildman–Crippen LogP) is 7.71. The molecule has 0 radical (unpaired) electrons. The molecule has 0 aliphatic carbocycles. The quantitative estimate of drug-likeness (QED) is 0.152. The summed E-state index contributed by atoms with van der Waals surface area (Å²) in [7, 11) is -4.03. The Morgan fingerprint density at radius 1 is 1.05 bits per heavy atom. The van der Waals surface area contributed by atoms with Crippen LogP contribution >= 0.6 is 42.6 Å². The van der Waals surface area contributed by atoms with E-state index in [0.717, 1.165) is 21.2 Å². The van der Waals surface area contributed by atoms with Crippen LogP contribution in [0.5, 0.6) is 11.5 Å². The number of imidazole rings is 1. The molecule has 0 saturated carbocycles. The minimum atomic E-state index is -4.03. The maximum Gasteiger partial charge on any atom is 0.413 e. The largest absolute Gasteiger partial charge is 0.480 e. The molecular formula is C28H28Cl2N3O6PS. The molecule has 13 heteroatoms. The average molecular weight is 636 g/mol. The van der Waals surface area contributed by atoms with Crippen molar-refractivity contribution >= 4 is 48.7 Å². The molecule has 0 aliphatic heterocycles. The SMILES string of the molecule is CC(C)c1nc(COC(N)=O)n(Cc2ccc(OCP(=O)(O)Oc3ccccc3)cc2)c1Sc1cc(Cl)cc(Cl)c1. The number of hydrogen-bond donors (Lipinski definition) is 2. The Bertz CT molecular complexity index is 1530. The molecule has 1 unspecified atom stereocenters. The number of carbonyl (C=O) groups excluding carboxylic acids is 1. The van der Waals surface area contributed by atoms with Gasteiger partial charge in [-0.2, -0.15) is 0 Å². The number of rotatable bonds is 12. The van der Waals surface area contributed by atoms with Gasteiger partial charge in [0.2, 0.25) is 0 Å². The molecule has 4 aromatic rings. The number of aromatic nitrogens is 2. The van der Waals surface area contributed by atoms with Crippen molar-refractivity contribution < 1.29 is 28.3 Å². The van der Waals surface area contributed by atoms with Crippen molar-refractivity contribution in [3.63, 3.8) is 0 Å². The number of primary amides is 1. The first-order chi connectivity index (χ1) is 19.5. The van der Waals surface area contributed by atoms with E-state index in [4.69, 9.17) is 47.9 Å². The van der Waals surface area contributed by atoms with Gasteiger partial charge < -0.3 is 29.2 Å². The van der Waals surface area contributed by atoms with Crippen LogP contribution in [0.3, 0.4) is 0 Å². The first-order valence-electron chi connectivity index (χ1n) is 12.4. The normalized spacial score (nSPS) is 12.6. The first-order valence-corrected chi connectivity index (χ1v) is 15.8. The molecule has 1 amide bonds. The molecule has 3 aromatic carbocycles. The smallest absolute Gasteiger partial charge is 0.413 e. The van der Waals surface area contributed by atoms with Crippen LogP contribution in [0.4, 0.5) is 4.79 Å². The Hall–Kier alpha value is -3.14. The van der Waals surface area contributed by atoms with Crippen LogP contribution in [0.2, 0.25) is 10.0 Å². The number of para-hydroxylation sites is 1. The predicted molar refractivity (Wildman–Crippen MR) is 159 cm³/mol. The van der Waals surface area contributed by atoms with Crippen LogP contribution in [-0.2, 0) is 22.5 Å². The Morgan fingerprint density at radius 2 is 1.71 bits per heavy atom. The van der Waals surface area contributed by atoms with Gasteiger partial charge in [-0.15, -0.1) is 0 Å². The number of benzene rings is 3. The van der Waals surface area contributed by atoms with Gasteiger partial charge in [0.25, 0.3) is 0 Å². The minimum Gasteiger partial charge on any atom is -0.480 e. The second-order valence-corrected chi connectivity index (χ2v) is 12.9. The third-order valence-electron chi connectivity index (χ3n) is 5.62. The summed E-state index contributed by atoms with van der Waals surface area (Å²) >= 11 is 13.9. The van der Waals surface area contributed by atoms with E-state index in [1.54, 1.807) is 48.5 Å². The molecule has 0 fully saturated rings. The van der Waals surface area contributed by atoms with Crippen LogP contribution in [-0.4, -0.2) is 26.9 Å². The molecular weight excluding hydrogens is 608 g/mol. The molecule has 1 atom stereocenters. The van der Waals surface area contributed by atoms with Crippen molar-refractivity contribution in [1.29, 1.82) is 0 Å². The van der Waals surface area contributed by atoms with Gasteiger partial charge in [0, 0.05) is 21.5 Å². The standard InChI is InChI=1S/C28H28Cl2N3O6PS/c1-18(2)26-27(41-24-13-20(29)12-21(30)14-24)33(25(32-26)16-37-28(31)34)15-19-8-10-22(11-9-19)38-17-40(35,36)39-23-6-4-3-5-7-23/h3-14,18H,15-17H2,1-2H3,(H2,31,34)(H,35,36). The van der Waals surface area contributed by atoms with Gasteiger partial charge in [-0.25, -0.2) is 14.3 Å². The van der Waals surface area contributed by atoms with Gasteiger partial charge >= 0.3 is 13.7 Å². The monoisotopic (exact) mass is 635 g/mol. The van der Waals surface area contributed by atoms with Gasteiger partial charge in [0.15, 0.2) is 13.0 Å². The Kier molecular flexibility index (Phi) is 10.3. The zero-order chi connectivity index (χ0) is 29.6. The lowest BCUT2D eigenvalue weighted by molar-refractivity contribution is 0.145. The summed E-state index contributed by atoms with van der Waals surface area (Å²) in [6.07, 6.45) is -1.42. The number of halogens is 2. The molecule has 4 rings (SSSR count). The lowest BCUT2D eigenvalue weighted by Gasteiger charge is -2.15. The van der Waals surface area contributed by atoms with Crippen molar-refractivity contribution in [2.24, 2.45) is 5.73 Å². The van der Waals surface area contributed by atoms with E-state index in [1.807, 2.05) is 42.7 Å². The van der Waals surface area contributed by atoms with E-state index in [1.165, 1.54) is 11.8 Å². The van der Waals surface area contributed by atoms with Gasteiger partial charge in [0.05, 0.1) is 5.69 Å². The van der Waals surface area contributed by atoms with Crippen LogP contribution in [0.25, 0.3) is 0 Å². The summed E-state index contributed by atoms with van der Waals surface area (Å²) < 4.78 is 30.2. The van der Waals surface area contributed by atoms with E-state index < -0.39 is 20.0 Å². The van der Waals surface area contributed by atoms with Crippen LogP contribution in [0.1, 0.15) is 36.8 Å². The van der Waals surface area contributed by atoms with Crippen LogP contribution < -0.4 is 15.0 Å². The third-order valence-corrected chi connectivity index (χ3v) is 8.10. The second kappa shape index (κ2) is 13.7. The molecule has 3 N–H and O–H groups in total. The highest BCUT2D eigenvalue weighted by Crippen LogP contribution is 2.42. The van der Waals surface area contributed by atoms with E-state index in [9.17, 15) is 14.3 Å². The fourth-order valence-electron chi connectivity index (χ4n) is 3.80. The highest BCUT2D eigenvalue weighted by Gasteiger charge is 2.23. The maximum absolute atomic E-state index is 12.4. The van der Waals surface area contributed by atoms with Gasteiger partial charge in [-0.1, -0.05) is 79.1 Å². The van der Waals surface area contributed by atoms with E-state index in [0.29, 0.717) is 28.2 Å². The number of amides is 1. The van der Waals surface area contributed by atoms with E-state index in [2.05, 4.69) is 0 Å². The Balaban J connectivity index is 1.56. The molecule has 9 nitrogen and oxygen atoms in total. The van der Waals surface area contributed by atoms with Crippen molar-refractivity contribution in [2.75, 3.05) is 6.35 Å². The fraction of sp³-hybridized carbons (Fsp3) is 0.214. The fourth-order valence-corrected chi connectivity index (χ4v) is 6.53. The van der Waals surface area contributed by atoms with Crippen molar-refractivity contribution in [2.45, 2.75) is 42.8 Å². The van der Waals surface area contributed by atoms with Crippen molar-refractivity contribution in [1.82, 2.24) is 9.55 Å². The van der Waals surface area contributed by atoms with Crippen molar-refractivity contribution in [3.8, 4) is 11.5 Å². The number of hydrogen-bond acceptors (Lipinski definition) is 7. The molecule has 41 heavy (non-hydrogen) atoms. The molecule has 1 heterocycles. The topological polar surface area (TPSA) is 126 Å². The summed E-state index contributed by atoms with van der Waals surface area (Å²) in [4.78, 5) is 27.1. The molecule has 0 aliphatic rings. The lowest BCUT2D eigenvalue weighted by Crippen LogP contribution is -2.15. The van der Waals surface area contributed by atoms with Crippen LogP contribution in [0, 0.1) is 0 Å². The second-order valence-electron chi connectivity index (χ2n) is 9.23. The molecule has 1 aromatic heterocycles.